The Hall–Kier alpha value is -1.35. The fourth-order valence-electron chi connectivity index (χ4n) is 1.90. The van der Waals surface area contributed by atoms with Crippen molar-refractivity contribution in [3.8, 4) is 0 Å². The molecule has 0 saturated heterocycles. The molecule has 0 radical (unpaired) electrons. The van der Waals surface area contributed by atoms with Crippen molar-refractivity contribution in [1.82, 2.24) is 5.32 Å². The zero-order valence-corrected chi connectivity index (χ0v) is 10.1. The maximum absolute atomic E-state index is 11.9. The van der Waals surface area contributed by atoms with Gasteiger partial charge in [-0.05, 0) is 31.2 Å². The molecule has 0 heterocycles. The SMILES string of the molecule is CC(C(=O)NCC(O)C1CC1)c1ccccc1. The van der Waals surface area contributed by atoms with Crippen LogP contribution in [0.4, 0.5) is 0 Å². The summed E-state index contributed by atoms with van der Waals surface area (Å²) >= 11 is 0. The van der Waals surface area contributed by atoms with E-state index in [0.717, 1.165) is 18.4 Å². The van der Waals surface area contributed by atoms with Crippen molar-refractivity contribution in [2.24, 2.45) is 5.92 Å². The van der Waals surface area contributed by atoms with Crippen molar-refractivity contribution in [3.05, 3.63) is 35.9 Å². The third kappa shape index (κ3) is 3.30. The van der Waals surface area contributed by atoms with E-state index in [1.54, 1.807) is 0 Å². The third-order valence-electron chi connectivity index (χ3n) is 3.34. The lowest BCUT2D eigenvalue weighted by molar-refractivity contribution is -0.122. The van der Waals surface area contributed by atoms with Gasteiger partial charge in [-0.2, -0.15) is 0 Å². The highest BCUT2D eigenvalue weighted by Gasteiger charge is 2.30. The molecule has 3 heteroatoms. The summed E-state index contributed by atoms with van der Waals surface area (Å²) in [6.45, 7) is 2.26. The number of carbonyl (C=O) groups excluding carboxylic acids is 1. The molecule has 1 amide bonds. The highest BCUT2D eigenvalue weighted by molar-refractivity contribution is 5.83. The van der Waals surface area contributed by atoms with Gasteiger partial charge in [-0.1, -0.05) is 30.3 Å². The molecule has 2 unspecified atom stereocenters. The maximum atomic E-state index is 11.9. The van der Waals surface area contributed by atoms with Gasteiger partial charge in [0.05, 0.1) is 12.0 Å². The van der Waals surface area contributed by atoms with Gasteiger partial charge >= 0.3 is 0 Å². The minimum absolute atomic E-state index is 0.0177. The second kappa shape index (κ2) is 5.32. The topological polar surface area (TPSA) is 49.3 Å². The summed E-state index contributed by atoms with van der Waals surface area (Å²) in [6.07, 6.45) is 1.80. The first-order valence-electron chi connectivity index (χ1n) is 6.19. The number of nitrogens with one attached hydrogen (secondary N) is 1. The van der Waals surface area contributed by atoms with Crippen LogP contribution in [0.2, 0.25) is 0 Å². The smallest absolute Gasteiger partial charge is 0.227 e. The number of hydrogen-bond acceptors (Lipinski definition) is 2. The van der Waals surface area contributed by atoms with Crippen molar-refractivity contribution in [1.29, 1.82) is 0 Å². The van der Waals surface area contributed by atoms with Crippen LogP contribution in [0, 0.1) is 5.92 Å². The summed E-state index contributed by atoms with van der Waals surface area (Å²) in [7, 11) is 0. The van der Waals surface area contributed by atoms with Crippen molar-refractivity contribution in [2.75, 3.05) is 6.54 Å². The molecule has 1 aliphatic carbocycles. The molecule has 0 spiro atoms. The van der Waals surface area contributed by atoms with Gasteiger partial charge < -0.3 is 10.4 Å². The van der Waals surface area contributed by atoms with Gasteiger partial charge in [0, 0.05) is 6.54 Å². The number of rotatable bonds is 5. The van der Waals surface area contributed by atoms with E-state index < -0.39 is 0 Å². The molecule has 1 fully saturated rings. The van der Waals surface area contributed by atoms with Crippen LogP contribution in [0.1, 0.15) is 31.2 Å². The number of hydrogen-bond donors (Lipinski definition) is 2. The molecule has 1 aromatic carbocycles. The normalized spacial score (nSPS) is 18.5. The molecule has 92 valence electrons. The Morgan fingerprint density at radius 3 is 2.65 bits per heavy atom. The first-order valence-corrected chi connectivity index (χ1v) is 6.19. The number of amides is 1. The average molecular weight is 233 g/mol. The second-order valence-electron chi connectivity index (χ2n) is 4.78. The zero-order valence-electron chi connectivity index (χ0n) is 10.1. The van der Waals surface area contributed by atoms with Gasteiger partial charge in [-0.25, -0.2) is 0 Å². The van der Waals surface area contributed by atoms with Crippen LogP contribution in [0.3, 0.4) is 0 Å². The second-order valence-corrected chi connectivity index (χ2v) is 4.78. The summed E-state index contributed by atoms with van der Waals surface area (Å²) in [6, 6.07) is 9.68. The molecule has 3 nitrogen and oxygen atoms in total. The summed E-state index contributed by atoms with van der Waals surface area (Å²) in [5.74, 6) is 0.223. The number of benzene rings is 1. The monoisotopic (exact) mass is 233 g/mol. The quantitative estimate of drug-likeness (QED) is 0.813. The minimum atomic E-state index is -0.373. The van der Waals surface area contributed by atoms with Crippen molar-refractivity contribution in [2.45, 2.75) is 31.8 Å². The summed E-state index contributed by atoms with van der Waals surface area (Å²) in [5, 5.41) is 12.5. The van der Waals surface area contributed by atoms with Crippen LogP contribution in [0.5, 0.6) is 0 Å². The van der Waals surface area contributed by atoms with E-state index in [-0.39, 0.29) is 17.9 Å². The summed E-state index contributed by atoms with van der Waals surface area (Å²) in [5.41, 5.74) is 1.01. The highest BCUT2D eigenvalue weighted by atomic mass is 16.3. The van der Waals surface area contributed by atoms with E-state index in [1.165, 1.54) is 0 Å². The van der Waals surface area contributed by atoms with E-state index >= 15 is 0 Å². The van der Waals surface area contributed by atoms with Gasteiger partial charge in [0.2, 0.25) is 5.91 Å². The number of aliphatic hydroxyl groups is 1. The van der Waals surface area contributed by atoms with Crippen LogP contribution in [-0.2, 0) is 4.79 Å². The molecule has 0 bridgehead atoms. The van der Waals surface area contributed by atoms with Gasteiger partial charge in [0.25, 0.3) is 0 Å². The van der Waals surface area contributed by atoms with Crippen LogP contribution >= 0.6 is 0 Å². The fourth-order valence-corrected chi connectivity index (χ4v) is 1.90. The van der Waals surface area contributed by atoms with Gasteiger partial charge in [-0.15, -0.1) is 0 Å². The Labute approximate surface area is 102 Å². The number of carbonyl (C=O) groups is 1. The molecule has 17 heavy (non-hydrogen) atoms. The first-order chi connectivity index (χ1) is 8.18. The van der Waals surface area contributed by atoms with Gasteiger partial charge in [-0.3, -0.25) is 4.79 Å². The first kappa shape index (κ1) is 12.1. The van der Waals surface area contributed by atoms with Crippen molar-refractivity contribution >= 4 is 5.91 Å². The van der Waals surface area contributed by atoms with Crippen LogP contribution < -0.4 is 5.32 Å². The molecule has 2 N–H and O–H groups in total. The zero-order chi connectivity index (χ0) is 12.3. The van der Waals surface area contributed by atoms with Gasteiger partial charge in [0.1, 0.15) is 0 Å². The Bertz CT molecular complexity index is 373. The summed E-state index contributed by atoms with van der Waals surface area (Å²) < 4.78 is 0. The molecule has 0 aromatic heterocycles. The average Bonchev–Trinajstić information content (AvgIpc) is 3.20. The maximum Gasteiger partial charge on any atom is 0.227 e. The van der Waals surface area contributed by atoms with E-state index in [0.29, 0.717) is 12.5 Å². The molecule has 1 aliphatic rings. The van der Waals surface area contributed by atoms with Crippen LogP contribution in [0.15, 0.2) is 30.3 Å². The Kier molecular flexibility index (Phi) is 3.79. The van der Waals surface area contributed by atoms with Gasteiger partial charge in [0.15, 0.2) is 0 Å². The standard InChI is InChI=1S/C14H19NO2/c1-10(11-5-3-2-4-6-11)14(17)15-9-13(16)12-7-8-12/h2-6,10,12-13,16H,7-9H2,1H3,(H,15,17). The Morgan fingerprint density at radius 2 is 2.06 bits per heavy atom. The lowest BCUT2D eigenvalue weighted by Crippen LogP contribution is -2.35. The van der Waals surface area contributed by atoms with Crippen LogP contribution in [0.25, 0.3) is 0 Å². The molecule has 1 saturated carbocycles. The van der Waals surface area contributed by atoms with Crippen LogP contribution in [-0.4, -0.2) is 23.7 Å². The molecule has 1 aromatic rings. The predicted octanol–water partition coefficient (Wildman–Crippen LogP) is 1.68. The Balaban J connectivity index is 1.82. The largest absolute Gasteiger partial charge is 0.391 e. The van der Waals surface area contributed by atoms with E-state index in [4.69, 9.17) is 0 Å². The molecular formula is C14H19NO2. The lowest BCUT2D eigenvalue weighted by atomic mass is 10.0. The van der Waals surface area contributed by atoms with Crippen molar-refractivity contribution in [3.63, 3.8) is 0 Å². The predicted molar refractivity (Wildman–Crippen MR) is 66.6 cm³/mol. The van der Waals surface area contributed by atoms with E-state index in [2.05, 4.69) is 5.32 Å². The lowest BCUT2D eigenvalue weighted by Gasteiger charge is -2.15. The highest BCUT2D eigenvalue weighted by Crippen LogP contribution is 2.32. The molecule has 0 aliphatic heterocycles. The van der Waals surface area contributed by atoms with E-state index in [9.17, 15) is 9.90 Å². The van der Waals surface area contributed by atoms with Crippen molar-refractivity contribution < 1.29 is 9.90 Å². The summed E-state index contributed by atoms with van der Waals surface area (Å²) in [4.78, 5) is 11.9. The molecular weight excluding hydrogens is 214 g/mol. The molecule has 2 rings (SSSR count). The Morgan fingerprint density at radius 1 is 1.41 bits per heavy atom. The minimum Gasteiger partial charge on any atom is -0.391 e. The third-order valence-corrected chi connectivity index (χ3v) is 3.34. The van der Waals surface area contributed by atoms with E-state index in [1.807, 2.05) is 37.3 Å². The fraction of sp³-hybridized carbons (Fsp3) is 0.500. The number of aliphatic hydroxyl groups excluding tert-OH is 1. The molecule has 2 atom stereocenters.